The van der Waals surface area contributed by atoms with Gasteiger partial charge in [0.05, 0.1) is 4.90 Å². The lowest BCUT2D eigenvalue weighted by molar-refractivity contribution is -0.134. The molecule has 0 spiro atoms. The van der Waals surface area contributed by atoms with Crippen molar-refractivity contribution >= 4 is 15.8 Å². The number of hydrogen-bond donors (Lipinski definition) is 1. The second-order valence-corrected chi connectivity index (χ2v) is 5.58. The van der Waals surface area contributed by atoms with E-state index >= 15 is 0 Å². The maximum Gasteiger partial charge on any atom is 0.319 e. The Morgan fingerprint density at radius 2 is 1.94 bits per heavy atom. The third kappa shape index (κ3) is 2.19. The molecule has 0 saturated heterocycles. The fourth-order valence-electron chi connectivity index (χ4n) is 1.60. The van der Waals surface area contributed by atoms with Gasteiger partial charge in [0.15, 0.2) is 27.1 Å². The Hall–Kier alpha value is -1.76. The molecule has 0 aromatic heterocycles. The van der Waals surface area contributed by atoms with Crippen LogP contribution in [0, 0.1) is 6.92 Å². The number of ether oxygens (including phenoxy) is 2. The summed E-state index contributed by atoms with van der Waals surface area (Å²) in [5.41, 5.74) is 0.440. The van der Waals surface area contributed by atoms with E-state index in [2.05, 4.69) is 0 Å². The third-order valence-corrected chi connectivity index (χ3v) is 4.06. The molecule has 0 saturated carbocycles. The Balaban J connectivity index is 2.49. The van der Waals surface area contributed by atoms with Crippen LogP contribution in [0.25, 0.3) is 0 Å². The number of benzene rings is 1. The van der Waals surface area contributed by atoms with Crippen LogP contribution in [-0.2, 0) is 14.6 Å². The summed E-state index contributed by atoms with van der Waals surface area (Å²) in [5, 5.41) is 8.56. The van der Waals surface area contributed by atoms with Gasteiger partial charge in [-0.2, -0.15) is 0 Å². The first-order valence-electron chi connectivity index (χ1n) is 4.75. The molecule has 7 heteroatoms. The van der Waals surface area contributed by atoms with Crippen LogP contribution in [0.15, 0.2) is 17.0 Å². The van der Waals surface area contributed by atoms with Gasteiger partial charge in [0, 0.05) is 6.07 Å². The van der Waals surface area contributed by atoms with Crippen molar-refractivity contribution in [3.05, 3.63) is 17.7 Å². The molecule has 1 heterocycles. The number of carboxylic acid groups (broad SMARTS) is 1. The van der Waals surface area contributed by atoms with Gasteiger partial charge in [-0.05, 0) is 18.6 Å². The van der Waals surface area contributed by atoms with Crippen molar-refractivity contribution in [1.82, 2.24) is 0 Å². The number of sulfone groups is 1. The van der Waals surface area contributed by atoms with Gasteiger partial charge in [-0.15, -0.1) is 0 Å². The summed E-state index contributed by atoms with van der Waals surface area (Å²) in [6, 6.07) is 2.83. The second-order valence-electron chi connectivity index (χ2n) is 3.62. The topological polar surface area (TPSA) is 89.9 Å². The first kappa shape index (κ1) is 11.7. The second kappa shape index (κ2) is 3.92. The largest absolute Gasteiger partial charge is 0.480 e. The minimum Gasteiger partial charge on any atom is -0.480 e. The summed E-state index contributed by atoms with van der Waals surface area (Å²) in [6.07, 6.45) is 0. The zero-order chi connectivity index (χ0) is 12.6. The van der Waals surface area contributed by atoms with Crippen molar-refractivity contribution in [1.29, 1.82) is 0 Å². The predicted molar refractivity (Wildman–Crippen MR) is 57.0 cm³/mol. The molecule has 6 nitrogen and oxygen atoms in total. The van der Waals surface area contributed by atoms with Crippen molar-refractivity contribution in [2.75, 3.05) is 12.5 Å². The fourth-order valence-corrected chi connectivity index (χ4v) is 2.92. The normalized spacial score (nSPS) is 13.7. The van der Waals surface area contributed by atoms with Crippen LogP contribution in [0.1, 0.15) is 5.56 Å². The fraction of sp³-hybridized carbons (Fsp3) is 0.300. The van der Waals surface area contributed by atoms with E-state index in [1.165, 1.54) is 12.1 Å². The van der Waals surface area contributed by atoms with E-state index in [1.807, 2.05) is 0 Å². The molecule has 0 unspecified atom stereocenters. The van der Waals surface area contributed by atoms with Crippen LogP contribution < -0.4 is 9.47 Å². The zero-order valence-electron chi connectivity index (χ0n) is 8.97. The van der Waals surface area contributed by atoms with Gasteiger partial charge in [-0.1, -0.05) is 0 Å². The van der Waals surface area contributed by atoms with Crippen LogP contribution in [0.5, 0.6) is 11.5 Å². The molecule has 0 fully saturated rings. The van der Waals surface area contributed by atoms with Crippen LogP contribution in [0.2, 0.25) is 0 Å². The summed E-state index contributed by atoms with van der Waals surface area (Å²) >= 11 is 0. The molecule has 0 bridgehead atoms. The minimum absolute atomic E-state index is 0.0378. The number of carboxylic acids is 1. The molecule has 1 aromatic rings. The average molecular weight is 258 g/mol. The maximum atomic E-state index is 11.8. The van der Waals surface area contributed by atoms with Crippen LogP contribution >= 0.6 is 0 Å². The summed E-state index contributed by atoms with van der Waals surface area (Å²) < 4.78 is 33.7. The molecule has 1 N–H and O–H groups in total. The highest BCUT2D eigenvalue weighted by Gasteiger charge is 2.25. The van der Waals surface area contributed by atoms with Crippen molar-refractivity contribution in [3.63, 3.8) is 0 Å². The molecule has 0 aliphatic carbocycles. The molecule has 17 heavy (non-hydrogen) atoms. The van der Waals surface area contributed by atoms with Crippen molar-refractivity contribution < 1.29 is 27.8 Å². The molecule has 2 rings (SSSR count). The van der Waals surface area contributed by atoms with E-state index in [1.54, 1.807) is 6.92 Å². The number of rotatable bonds is 3. The number of aryl methyl sites for hydroxylation is 1. The molecule has 1 aliphatic heterocycles. The number of hydrogen-bond acceptors (Lipinski definition) is 5. The van der Waals surface area contributed by atoms with E-state index in [0.717, 1.165) is 0 Å². The zero-order valence-corrected chi connectivity index (χ0v) is 9.78. The van der Waals surface area contributed by atoms with Crippen LogP contribution in [-0.4, -0.2) is 32.0 Å². The van der Waals surface area contributed by atoms with Crippen molar-refractivity contribution in [2.24, 2.45) is 0 Å². The first-order valence-corrected chi connectivity index (χ1v) is 6.40. The van der Waals surface area contributed by atoms with Crippen molar-refractivity contribution in [3.8, 4) is 11.5 Å². The summed E-state index contributed by atoms with van der Waals surface area (Å²) in [4.78, 5) is 10.5. The summed E-state index contributed by atoms with van der Waals surface area (Å²) in [5.74, 6) is -1.54. The lowest BCUT2D eigenvalue weighted by Crippen LogP contribution is -2.16. The number of aliphatic carboxylic acids is 1. The van der Waals surface area contributed by atoms with Gasteiger partial charge in [0.2, 0.25) is 6.79 Å². The molecule has 0 amide bonds. The van der Waals surface area contributed by atoms with Gasteiger partial charge < -0.3 is 14.6 Å². The smallest absolute Gasteiger partial charge is 0.319 e. The maximum absolute atomic E-state index is 11.8. The van der Waals surface area contributed by atoms with E-state index in [-0.39, 0.29) is 11.7 Å². The molecule has 0 radical (unpaired) electrons. The molecular weight excluding hydrogens is 248 g/mol. The molecule has 92 valence electrons. The molecule has 0 atom stereocenters. The Labute approximate surface area is 97.7 Å². The quantitative estimate of drug-likeness (QED) is 0.853. The predicted octanol–water partition coefficient (Wildman–Crippen LogP) is 0.582. The van der Waals surface area contributed by atoms with E-state index in [4.69, 9.17) is 14.6 Å². The highest BCUT2D eigenvalue weighted by atomic mass is 32.2. The van der Waals surface area contributed by atoms with Crippen LogP contribution in [0.4, 0.5) is 0 Å². The lowest BCUT2D eigenvalue weighted by Gasteiger charge is -2.07. The highest BCUT2D eigenvalue weighted by molar-refractivity contribution is 7.92. The van der Waals surface area contributed by atoms with Gasteiger partial charge in [-0.3, -0.25) is 4.79 Å². The third-order valence-electron chi connectivity index (χ3n) is 2.32. The van der Waals surface area contributed by atoms with Crippen molar-refractivity contribution in [2.45, 2.75) is 11.8 Å². The average Bonchev–Trinajstić information content (AvgIpc) is 2.60. The Bertz CT molecular complexity index is 575. The Morgan fingerprint density at radius 1 is 1.35 bits per heavy atom. The summed E-state index contributed by atoms with van der Waals surface area (Å²) in [6.45, 7) is 1.62. The first-order chi connectivity index (χ1) is 7.90. The van der Waals surface area contributed by atoms with E-state index in [0.29, 0.717) is 17.1 Å². The Morgan fingerprint density at radius 3 is 2.53 bits per heavy atom. The monoisotopic (exact) mass is 258 g/mol. The van der Waals surface area contributed by atoms with E-state index in [9.17, 15) is 13.2 Å². The van der Waals surface area contributed by atoms with Gasteiger partial charge in [0.25, 0.3) is 0 Å². The number of carbonyl (C=O) groups is 1. The van der Waals surface area contributed by atoms with Gasteiger partial charge in [-0.25, -0.2) is 8.42 Å². The van der Waals surface area contributed by atoms with Gasteiger partial charge in [0.1, 0.15) is 0 Å². The van der Waals surface area contributed by atoms with Crippen LogP contribution in [0.3, 0.4) is 0 Å². The minimum atomic E-state index is -3.85. The molecule has 1 aliphatic rings. The SMILES string of the molecule is Cc1cc2c(cc1S(=O)(=O)CC(=O)O)OCO2. The summed E-state index contributed by atoms with van der Waals surface area (Å²) in [7, 11) is -3.85. The molecular formula is C10H10O6S. The Kier molecular flexibility index (Phi) is 2.70. The number of fused-ring (bicyclic) bond motifs is 1. The molecule has 1 aromatic carbocycles. The van der Waals surface area contributed by atoms with E-state index < -0.39 is 21.6 Å². The van der Waals surface area contributed by atoms with Gasteiger partial charge >= 0.3 is 5.97 Å². The lowest BCUT2D eigenvalue weighted by atomic mass is 10.2. The standard InChI is InChI=1S/C10H10O6S/c1-6-2-7-8(16-5-15-7)3-9(6)17(13,14)4-10(11)12/h2-3H,4-5H2,1H3,(H,11,12). The highest BCUT2D eigenvalue weighted by Crippen LogP contribution is 2.36.